The molecule has 3 heteroatoms. The van der Waals surface area contributed by atoms with Crippen LogP contribution in [0, 0.1) is 12.8 Å². The first kappa shape index (κ1) is 12.0. The van der Waals surface area contributed by atoms with E-state index in [2.05, 4.69) is 36.5 Å². The zero-order valence-corrected chi connectivity index (χ0v) is 12.2. The maximum atomic E-state index is 9.74. The lowest BCUT2D eigenvalue weighted by Gasteiger charge is -2.36. The van der Waals surface area contributed by atoms with Gasteiger partial charge in [-0.1, -0.05) is 12.2 Å². The Labute approximate surface area is 122 Å². The molecule has 2 aromatic rings. The van der Waals surface area contributed by atoms with E-state index < -0.39 is 0 Å². The second-order valence-electron chi connectivity index (χ2n) is 5.70. The van der Waals surface area contributed by atoms with Gasteiger partial charge in [0.15, 0.2) is 0 Å². The van der Waals surface area contributed by atoms with E-state index in [1.807, 2.05) is 23.5 Å². The maximum absolute atomic E-state index is 9.74. The molecule has 1 aromatic heterocycles. The Morgan fingerprint density at radius 2 is 2.15 bits per heavy atom. The molecule has 1 aromatic carbocycles. The fourth-order valence-corrected chi connectivity index (χ4v) is 4.49. The van der Waals surface area contributed by atoms with Crippen molar-refractivity contribution < 1.29 is 5.11 Å². The molecule has 0 spiro atoms. The number of nitrogens with one attached hydrogen (secondary N) is 1. The van der Waals surface area contributed by atoms with Crippen molar-refractivity contribution in [2.75, 3.05) is 5.32 Å². The van der Waals surface area contributed by atoms with E-state index in [0.29, 0.717) is 23.6 Å². The van der Waals surface area contributed by atoms with Gasteiger partial charge in [0.2, 0.25) is 0 Å². The highest BCUT2D eigenvalue weighted by atomic mass is 32.1. The topological polar surface area (TPSA) is 32.3 Å². The zero-order chi connectivity index (χ0) is 13.7. The molecule has 0 radical (unpaired) electrons. The van der Waals surface area contributed by atoms with Gasteiger partial charge in [-0.05, 0) is 55.2 Å². The largest absolute Gasteiger partial charge is 0.508 e. The van der Waals surface area contributed by atoms with Gasteiger partial charge in [-0.3, -0.25) is 0 Å². The average Bonchev–Trinajstić information content (AvgIpc) is 3.07. The first-order valence-electron chi connectivity index (χ1n) is 7.05. The Balaban J connectivity index is 1.80. The highest BCUT2D eigenvalue weighted by molar-refractivity contribution is 7.12. The van der Waals surface area contributed by atoms with Crippen LogP contribution in [-0.2, 0) is 0 Å². The van der Waals surface area contributed by atoms with Crippen LogP contribution in [0.15, 0.2) is 42.5 Å². The molecule has 1 aliphatic carbocycles. The van der Waals surface area contributed by atoms with Gasteiger partial charge in [-0.2, -0.15) is 0 Å². The number of phenolic OH excluding ortho intramolecular Hbond substituents is 1. The Morgan fingerprint density at radius 3 is 2.95 bits per heavy atom. The minimum atomic E-state index is 0.356. The average molecular weight is 283 g/mol. The predicted molar refractivity (Wildman–Crippen MR) is 83.5 cm³/mol. The summed E-state index contributed by atoms with van der Waals surface area (Å²) in [4.78, 5) is 2.78. The lowest BCUT2D eigenvalue weighted by Crippen LogP contribution is -2.28. The molecule has 4 rings (SSSR count). The fraction of sp³-hybridized carbons (Fsp3) is 0.294. The Morgan fingerprint density at radius 1 is 1.25 bits per heavy atom. The van der Waals surface area contributed by atoms with Gasteiger partial charge in [0.1, 0.15) is 5.75 Å². The summed E-state index contributed by atoms with van der Waals surface area (Å²) in [6, 6.07) is 10.5. The molecule has 2 aliphatic rings. The second kappa shape index (κ2) is 4.38. The summed E-state index contributed by atoms with van der Waals surface area (Å²) in [5, 5.41) is 13.4. The number of fused-ring (bicyclic) bond motifs is 3. The number of anilines is 1. The number of phenols is 1. The van der Waals surface area contributed by atoms with E-state index in [4.69, 9.17) is 0 Å². The van der Waals surface area contributed by atoms with E-state index in [1.165, 1.54) is 15.3 Å². The van der Waals surface area contributed by atoms with E-state index in [1.54, 1.807) is 6.07 Å². The molecule has 3 atom stereocenters. The van der Waals surface area contributed by atoms with Gasteiger partial charge in [0.25, 0.3) is 0 Å². The Kier molecular flexibility index (Phi) is 2.64. The Hall–Kier alpha value is -1.74. The molecule has 0 bridgehead atoms. The van der Waals surface area contributed by atoms with Gasteiger partial charge in [-0.15, -0.1) is 11.3 Å². The number of allylic oxidation sites excluding steroid dienone is 2. The maximum Gasteiger partial charge on any atom is 0.116 e. The first-order chi connectivity index (χ1) is 9.72. The van der Waals surface area contributed by atoms with Crippen LogP contribution in [0.3, 0.4) is 0 Å². The highest BCUT2D eigenvalue weighted by Crippen LogP contribution is 2.51. The van der Waals surface area contributed by atoms with Crippen molar-refractivity contribution in [3.05, 3.63) is 57.8 Å². The highest BCUT2D eigenvalue weighted by Gasteiger charge is 2.38. The van der Waals surface area contributed by atoms with Crippen LogP contribution in [0.5, 0.6) is 5.75 Å². The van der Waals surface area contributed by atoms with Gasteiger partial charge in [0.05, 0.1) is 6.04 Å². The number of aryl methyl sites for hydroxylation is 1. The van der Waals surface area contributed by atoms with Crippen LogP contribution in [-0.4, -0.2) is 5.11 Å². The summed E-state index contributed by atoms with van der Waals surface area (Å²) >= 11 is 1.88. The summed E-state index contributed by atoms with van der Waals surface area (Å²) in [5.41, 5.74) is 2.39. The molecule has 3 unspecified atom stereocenters. The number of thiophene rings is 1. The molecule has 20 heavy (non-hydrogen) atoms. The van der Waals surface area contributed by atoms with Crippen LogP contribution in [0.1, 0.15) is 33.7 Å². The SMILES string of the molecule is Cc1ccc(C2Nc3ccc(O)cc3C3C=CCC32)s1. The van der Waals surface area contributed by atoms with Gasteiger partial charge in [0, 0.05) is 21.4 Å². The first-order valence-corrected chi connectivity index (χ1v) is 7.86. The molecule has 0 saturated carbocycles. The molecule has 0 fully saturated rings. The van der Waals surface area contributed by atoms with Gasteiger partial charge < -0.3 is 10.4 Å². The molecule has 2 nitrogen and oxygen atoms in total. The van der Waals surface area contributed by atoms with E-state index >= 15 is 0 Å². The van der Waals surface area contributed by atoms with Crippen molar-refractivity contribution in [1.29, 1.82) is 0 Å². The van der Waals surface area contributed by atoms with Gasteiger partial charge >= 0.3 is 0 Å². The van der Waals surface area contributed by atoms with Crippen molar-refractivity contribution >= 4 is 17.0 Å². The number of benzene rings is 1. The van der Waals surface area contributed by atoms with Crippen molar-refractivity contribution in [3.63, 3.8) is 0 Å². The molecular formula is C17H17NOS. The third-order valence-electron chi connectivity index (χ3n) is 4.41. The number of rotatable bonds is 1. The minimum Gasteiger partial charge on any atom is -0.508 e. The molecule has 102 valence electrons. The fourth-order valence-electron chi connectivity index (χ4n) is 3.48. The second-order valence-corrected chi connectivity index (χ2v) is 7.01. The van der Waals surface area contributed by atoms with Crippen LogP contribution in [0.2, 0.25) is 0 Å². The number of hydrogen-bond donors (Lipinski definition) is 2. The number of hydrogen-bond acceptors (Lipinski definition) is 3. The predicted octanol–water partition coefficient (Wildman–Crippen LogP) is 4.59. The summed E-state index contributed by atoms with van der Waals surface area (Å²) in [7, 11) is 0. The summed E-state index contributed by atoms with van der Waals surface area (Å²) in [6.07, 6.45) is 5.69. The van der Waals surface area contributed by atoms with Crippen LogP contribution < -0.4 is 5.32 Å². The normalized spacial score (nSPS) is 26.9. The van der Waals surface area contributed by atoms with Crippen molar-refractivity contribution in [2.24, 2.45) is 5.92 Å². The zero-order valence-electron chi connectivity index (χ0n) is 11.3. The van der Waals surface area contributed by atoms with E-state index in [-0.39, 0.29) is 0 Å². The smallest absolute Gasteiger partial charge is 0.116 e. The van der Waals surface area contributed by atoms with Crippen molar-refractivity contribution in [1.82, 2.24) is 0 Å². The molecule has 1 aliphatic heterocycles. The molecular weight excluding hydrogens is 266 g/mol. The minimum absolute atomic E-state index is 0.356. The van der Waals surface area contributed by atoms with Crippen molar-refractivity contribution in [2.45, 2.75) is 25.3 Å². The third kappa shape index (κ3) is 1.77. The van der Waals surface area contributed by atoms with Crippen LogP contribution in [0.25, 0.3) is 0 Å². The van der Waals surface area contributed by atoms with Crippen molar-refractivity contribution in [3.8, 4) is 5.75 Å². The standard InChI is InChI=1S/C17H17NOS/c1-10-5-8-16(20-10)17-13-4-2-3-12(13)14-9-11(19)6-7-15(14)18-17/h2-3,5-9,12-13,17-19H,4H2,1H3. The van der Waals surface area contributed by atoms with Gasteiger partial charge in [-0.25, -0.2) is 0 Å². The monoisotopic (exact) mass is 283 g/mol. The quantitative estimate of drug-likeness (QED) is 0.592. The summed E-state index contributed by atoms with van der Waals surface area (Å²) < 4.78 is 0. The third-order valence-corrected chi connectivity index (χ3v) is 5.50. The molecule has 0 amide bonds. The van der Waals surface area contributed by atoms with E-state index in [0.717, 1.165) is 12.1 Å². The summed E-state index contributed by atoms with van der Waals surface area (Å²) in [6.45, 7) is 2.16. The van der Waals surface area contributed by atoms with Crippen LogP contribution >= 0.6 is 11.3 Å². The van der Waals surface area contributed by atoms with Crippen LogP contribution in [0.4, 0.5) is 5.69 Å². The molecule has 2 N–H and O–H groups in total. The lowest BCUT2D eigenvalue weighted by molar-refractivity contribution is 0.425. The molecule has 0 saturated heterocycles. The number of aromatic hydroxyl groups is 1. The van der Waals surface area contributed by atoms with E-state index in [9.17, 15) is 5.11 Å². The molecule has 2 heterocycles. The Bertz CT molecular complexity index is 688. The lowest BCUT2D eigenvalue weighted by atomic mass is 9.79. The summed E-state index contributed by atoms with van der Waals surface area (Å²) in [5.74, 6) is 1.34.